The molecule has 2 rings (SSSR count). The Hall–Kier alpha value is -1.17. The SMILES string of the molecule is CC#CC12OC(=O)OC1CCCC2(C)C. The van der Waals surface area contributed by atoms with E-state index in [0.29, 0.717) is 0 Å². The molecule has 1 aliphatic carbocycles. The molecule has 0 N–H and O–H groups in total. The second kappa shape index (κ2) is 3.16. The van der Waals surface area contributed by atoms with Crippen LogP contribution in [0.25, 0.3) is 0 Å². The molecule has 2 aliphatic rings. The molecule has 15 heavy (non-hydrogen) atoms. The third-order valence-electron chi connectivity index (χ3n) is 3.52. The number of ether oxygens (including phenoxy) is 2. The van der Waals surface area contributed by atoms with Crippen molar-refractivity contribution in [1.82, 2.24) is 0 Å². The molecular weight excluding hydrogens is 192 g/mol. The van der Waals surface area contributed by atoms with Gasteiger partial charge in [-0.05, 0) is 26.2 Å². The lowest BCUT2D eigenvalue weighted by atomic mass is 9.64. The molecule has 0 bridgehead atoms. The van der Waals surface area contributed by atoms with Gasteiger partial charge in [-0.3, -0.25) is 0 Å². The maximum atomic E-state index is 11.3. The molecular formula is C12H16O3. The van der Waals surface area contributed by atoms with Gasteiger partial charge in [0.05, 0.1) is 0 Å². The predicted molar refractivity (Wildman–Crippen MR) is 55.2 cm³/mol. The molecule has 2 unspecified atom stereocenters. The first-order valence-electron chi connectivity index (χ1n) is 5.35. The van der Waals surface area contributed by atoms with Crippen molar-refractivity contribution in [2.75, 3.05) is 0 Å². The molecule has 1 saturated carbocycles. The van der Waals surface area contributed by atoms with Crippen molar-refractivity contribution in [3.63, 3.8) is 0 Å². The first-order valence-corrected chi connectivity index (χ1v) is 5.35. The summed E-state index contributed by atoms with van der Waals surface area (Å²) in [5.74, 6) is 5.93. The summed E-state index contributed by atoms with van der Waals surface area (Å²) in [5, 5.41) is 0. The van der Waals surface area contributed by atoms with Crippen molar-refractivity contribution in [2.45, 2.75) is 51.7 Å². The highest BCUT2D eigenvalue weighted by atomic mass is 16.8. The Morgan fingerprint density at radius 1 is 1.47 bits per heavy atom. The van der Waals surface area contributed by atoms with Crippen molar-refractivity contribution in [1.29, 1.82) is 0 Å². The highest BCUT2D eigenvalue weighted by Crippen LogP contribution is 2.50. The number of carbonyl (C=O) groups excluding carboxylic acids is 1. The van der Waals surface area contributed by atoms with E-state index in [4.69, 9.17) is 9.47 Å². The summed E-state index contributed by atoms with van der Waals surface area (Å²) in [7, 11) is 0. The number of hydrogen-bond acceptors (Lipinski definition) is 3. The van der Waals surface area contributed by atoms with Gasteiger partial charge in [-0.15, -0.1) is 5.92 Å². The minimum atomic E-state index is -0.725. The molecule has 82 valence electrons. The Balaban J connectivity index is 2.46. The zero-order valence-electron chi connectivity index (χ0n) is 9.42. The fourth-order valence-corrected chi connectivity index (χ4v) is 2.63. The quantitative estimate of drug-likeness (QED) is 0.453. The first kappa shape index (κ1) is 10.4. The monoisotopic (exact) mass is 208 g/mol. The van der Waals surface area contributed by atoms with Gasteiger partial charge in [-0.2, -0.15) is 0 Å². The summed E-state index contributed by atoms with van der Waals surface area (Å²) in [6.45, 7) is 5.94. The lowest BCUT2D eigenvalue weighted by molar-refractivity contribution is -0.0530. The van der Waals surface area contributed by atoms with Gasteiger partial charge < -0.3 is 9.47 Å². The summed E-state index contributed by atoms with van der Waals surface area (Å²) in [5.41, 5.74) is -0.859. The number of hydrogen-bond donors (Lipinski definition) is 0. The molecule has 2 atom stereocenters. The van der Waals surface area contributed by atoms with Crippen molar-refractivity contribution < 1.29 is 14.3 Å². The van der Waals surface area contributed by atoms with Gasteiger partial charge in [0.1, 0.15) is 0 Å². The molecule has 0 radical (unpaired) electrons. The van der Waals surface area contributed by atoms with Gasteiger partial charge in [0.25, 0.3) is 0 Å². The Kier molecular flexibility index (Phi) is 2.18. The van der Waals surface area contributed by atoms with Crippen LogP contribution in [0.5, 0.6) is 0 Å². The van der Waals surface area contributed by atoms with Gasteiger partial charge in [-0.25, -0.2) is 4.79 Å². The van der Waals surface area contributed by atoms with Crippen LogP contribution in [-0.2, 0) is 9.47 Å². The predicted octanol–water partition coefficient (Wildman–Crippen LogP) is 2.49. The molecule has 0 spiro atoms. The van der Waals surface area contributed by atoms with E-state index >= 15 is 0 Å². The van der Waals surface area contributed by atoms with E-state index in [1.807, 2.05) is 0 Å². The normalized spacial score (nSPS) is 37.0. The number of rotatable bonds is 0. The third kappa shape index (κ3) is 1.31. The lowest BCUT2D eigenvalue weighted by Crippen LogP contribution is -2.53. The van der Waals surface area contributed by atoms with Crippen molar-refractivity contribution >= 4 is 6.16 Å². The fraction of sp³-hybridized carbons (Fsp3) is 0.750. The number of fused-ring (bicyclic) bond motifs is 1. The summed E-state index contributed by atoms with van der Waals surface area (Å²) < 4.78 is 10.6. The molecule has 3 heteroatoms. The van der Waals surface area contributed by atoms with Gasteiger partial charge in [-0.1, -0.05) is 19.8 Å². The van der Waals surface area contributed by atoms with Gasteiger partial charge >= 0.3 is 6.16 Å². The second-order valence-corrected chi connectivity index (χ2v) is 4.85. The van der Waals surface area contributed by atoms with Crippen LogP contribution in [0.1, 0.15) is 40.0 Å². The average Bonchev–Trinajstić information content (AvgIpc) is 2.44. The Morgan fingerprint density at radius 2 is 2.20 bits per heavy atom. The van der Waals surface area contributed by atoms with E-state index in [2.05, 4.69) is 25.7 Å². The van der Waals surface area contributed by atoms with Crippen LogP contribution in [0.4, 0.5) is 4.79 Å². The van der Waals surface area contributed by atoms with Gasteiger partial charge in [0.15, 0.2) is 6.10 Å². The van der Waals surface area contributed by atoms with Crippen molar-refractivity contribution in [2.24, 2.45) is 5.41 Å². The first-order chi connectivity index (χ1) is 7.02. The Morgan fingerprint density at radius 3 is 2.87 bits per heavy atom. The molecule has 1 aliphatic heterocycles. The summed E-state index contributed by atoms with van der Waals surface area (Å²) >= 11 is 0. The third-order valence-corrected chi connectivity index (χ3v) is 3.52. The van der Waals surface area contributed by atoms with E-state index in [9.17, 15) is 4.79 Å². The smallest absolute Gasteiger partial charge is 0.426 e. The standard InChI is InChI=1S/C12H16O3/c1-4-7-12-9(14-10(13)15-12)6-5-8-11(12,2)3/h9H,5-6,8H2,1-3H3. The molecule has 3 nitrogen and oxygen atoms in total. The Labute approximate surface area is 90.1 Å². The lowest BCUT2D eigenvalue weighted by Gasteiger charge is -2.44. The molecule has 1 heterocycles. The van der Waals surface area contributed by atoms with E-state index in [1.165, 1.54) is 0 Å². The summed E-state index contributed by atoms with van der Waals surface area (Å²) in [6.07, 6.45) is 2.15. The molecule has 0 amide bonds. The summed E-state index contributed by atoms with van der Waals surface area (Å²) in [4.78, 5) is 11.3. The van der Waals surface area contributed by atoms with Crippen LogP contribution < -0.4 is 0 Å². The van der Waals surface area contributed by atoms with Crippen molar-refractivity contribution in [3.8, 4) is 11.8 Å². The van der Waals surface area contributed by atoms with Gasteiger partial charge in [0.2, 0.25) is 5.60 Å². The molecule has 0 aromatic carbocycles. The zero-order chi connectivity index (χ0) is 11.1. The topological polar surface area (TPSA) is 35.5 Å². The minimum Gasteiger partial charge on any atom is -0.426 e. The van der Waals surface area contributed by atoms with Crippen LogP contribution in [0.15, 0.2) is 0 Å². The largest absolute Gasteiger partial charge is 0.510 e. The fourth-order valence-electron chi connectivity index (χ4n) is 2.63. The Bertz CT molecular complexity index is 348. The van der Waals surface area contributed by atoms with Crippen LogP contribution >= 0.6 is 0 Å². The second-order valence-electron chi connectivity index (χ2n) is 4.85. The van der Waals surface area contributed by atoms with Gasteiger partial charge in [0, 0.05) is 5.41 Å². The molecule has 2 fully saturated rings. The molecule has 1 saturated heterocycles. The van der Waals surface area contributed by atoms with Crippen molar-refractivity contribution in [3.05, 3.63) is 0 Å². The molecule has 0 aromatic rings. The zero-order valence-corrected chi connectivity index (χ0v) is 9.42. The maximum Gasteiger partial charge on any atom is 0.510 e. The highest BCUT2D eigenvalue weighted by molar-refractivity contribution is 5.65. The number of carbonyl (C=O) groups is 1. The minimum absolute atomic E-state index is 0.134. The highest BCUT2D eigenvalue weighted by Gasteiger charge is 2.61. The van der Waals surface area contributed by atoms with E-state index in [-0.39, 0.29) is 11.5 Å². The molecule has 0 aromatic heterocycles. The average molecular weight is 208 g/mol. The van der Waals surface area contributed by atoms with E-state index in [0.717, 1.165) is 19.3 Å². The van der Waals surface area contributed by atoms with Crippen LogP contribution in [-0.4, -0.2) is 17.9 Å². The van der Waals surface area contributed by atoms with Crippen LogP contribution in [0.3, 0.4) is 0 Å². The maximum absolute atomic E-state index is 11.3. The van der Waals surface area contributed by atoms with Crippen LogP contribution in [0, 0.1) is 17.3 Å². The van der Waals surface area contributed by atoms with Crippen LogP contribution in [0.2, 0.25) is 0 Å². The van der Waals surface area contributed by atoms with E-state index in [1.54, 1.807) is 6.92 Å². The van der Waals surface area contributed by atoms with E-state index < -0.39 is 11.8 Å². The summed E-state index contributed by atoms with van der Waals surface area (Å²) in [6, 6.07) is 0.